The number of hydrogen-bond donors (Lipinski definition) is 1. The van der Waals surface area contributed by atoms with Crippen LogP contribution in [0.15, 0.2) is 36.4 Å². The Hall–Kier alpha value is -1.30. The maximum atomic E-state index is 5.77. The van der Waals surface area contributed by atoms with Crippen LogP contribution in [0.3, 0.4) is 0 Å². The van der Waals surface area contributed by atoms with Crippen molar-refractivity contribution in [1.29, 1.82) is 0 Å². The summed E-state index contributed by atoms with van der Waals surface area (Å²) in [6.07, 6.45) is 0. The Bertz CT molecular complexity index is 511. The average Bonchev–Trinajstić information content (AvgIpc) is 2.30. The van der Waals surface area contributed by atoms with Crippen molar-refractivity contribution in [3.63, 3.8) is 0 Å². The Morgan fingerprint density at radius 1 is 1.18 bits per heavy atom. The van der Waals surface area contributed by atoms with E-state index in [-0.39, 0.29) is 0 Å². The van der Waals surface area contributed by atoms with Gasteiger partial charge in [-0.2, -0.15) is 0 Å². The van der Waals surface area contributed by atoms with E-state index in [1.54, 1.807) is 0 Å². The topological polar surface area (TPSA) is 48.1 Å². The molecule has 88 valence electrons. The quantitative estimate of drug-likeness (QED) is 0.874. The molecule has 2 rings (SSSR count). The molecule has 17 heavy (non-hydrogen) atoms. The number of pyridine rings is 1. The van der Waals surface area contributed by atoms with Gasteiger partial charge in [-0.25, -0.2) is 4.98 Å². The van der Waals surface area contributed by atoms with Crippen LogP contribution < -0.4 is 10.5 Å². The van der Waals surface area contributed by atoms with Crippen molar-refractivity contribution < 1.29 is 4.74 Å². The number of halogens is 1. The van der Waals surface area contributed by atoms with Crippen LogP contribution in [0.2, 0.25) is 0 Å². The summed E-state index contributed by atoms with van der Waals surface area (Å²) >= 11 is 2.27. The fourth-order valence-corrected chi connectivity index (χ4v) is 1.79. The number of aromatic nitrogens is 1. The molecule has 0 aliphatic carbocycles. The number of hydrogen-bond acceptors (Lipinski definition) is 3. The molecule has 0 fully saturated rings. The molecule has 0 bridgehead atoms. The van der Waals surface area contributed by atoms with Gasteiger partial charge in [0.05, 0.1) is 0 Å². The summed E-state index contributed by atoms with van der Waals surface area (Å²) in [5, 5.41) is 0. The number of nitrogens with zero attached hydrogens (tertiary/aromatic N) is 1. The molecule has 0 amide bonds. The molecule has 0 saturated heterocycles. The molecule has 4 heteroatoms. The standard InChI is InChI=1S/C13H13IN2O/c1-9-2-7-12(13(15)16-9)17-8-10-3-5-11(14)6-4-10/h2-7H,8H2,1H3,(H2,15,16). The van der Waals surface area contributed by atoms with E-state index in [0.717, 1.165) is 11.3 Å². The van der Waals surface area contributed by atoms with Crippen molar-refractivity contribution >= 4 is 28.4 Å². The molecule has 2 aromatic rings. The normalized spacial score (nSPS) is 10.2. The Kier molecular flexibility index (Phi) is 3.83. The van der Waals surface area contributed by atoms with Gasteiger partial charge in [0.1, 0.15) is 6.61 Å². The second-order valence-corrected chi connectivity index (χ2v) is 5.00. The SMILES string of the molecule is Cc1ccc(OCc2ccc(I)cc2)c(N)n1. The van der Waals surface area contributed by atoms with Crippen LogP contribution in [0.1, 0.15) is 11.3 Å². The van der Waals surface area contributed by atoms with Crippen LogP contribution in [0.25, 0.3) is 0 Å². The lowest BCUT2D eigenvalue weighted by atomic mass is 10.2. The Morgan fingerprint density at radius 2 is 1.88 bits per heavy atom. The van der Waals surface area contributed by atoms with Crippen LogP contribution in [0.5, 0.6) is 5.75 Å². The van der Waals surface area contributed by atoms with Gasteiger partial charge in [-0.15, -0.1) is 0 Å². The molecule has 0 spiro atoms. The first-order chi connectivity index (χ1) is 8.15. The first kappa shape index (κ1) is 12.2. The first-order valence-corrected chi connectivity index (χ1v) is 6.33. The van der Waals surface area contributed by atoms with E-state index in [1.165, 1.54) is 3.57 Å². The van der Waals surface area contributed by atoms with Gasteiger partial charge < -0.3 is 10.5 Å². The smallest absolute Gasteiger partial charge is 0.166 e. The largest absolute Gasteiger partial charge is 0.485 e. The highest BCUT2D eigenvalue weighted by atomic mass is 127. The number of aryl methyl sites for hydroxylation is 1. The van der Waals surface area contributed by atoms with Gasteiger partial charge in [0.15, 0.2) is 11.6 Å². The van der Waals surface area contributed by atoms with Gasteiger partial charge >= 0.3 is 0 Å². The van der Waals surface area contributed by atoms with Crippen molar-refractivity contribution in [3.8, 4) is 5.75 Å². The molecule has 1 heterocycles. The van der Waals surface area contributed by atoms with Crippen molar-refractivity contribution in [3.05, 3.63) is 51.2 Å². The average molecular weight is 340 g/mol. The number of rotatable bonds is 3. The third kappa shape index (κ3) is 3.33. The molecular formula is C13H13IN2O. The summed E-state index contributed by atoms with van der Waals surface area (Å²) in [5.74, 6) is 1.07. The van der Waals surface area contributed by atoms with Gasteiger partial charge in [0.25, 0.3) is 0 Å². The van der Waals surface area contributed by atoms with Crippen LogP contribution in [0, 0.1) is 10.5 Å². The minimum absolute atomic E-state index is 0.440. The summed E-state index contributed by atoms with van der Waals surface area (Å²) in [6, 6.07) is 11.9. The number of ether oxygens (including phenoxy) is 1. The lowest BCUT2D eigenvalue weighted by Crippen LogP contribution is -2.01. The first-order valence-electron chi connectivity index (χ1n) is 5.25. The fraction of sp³-hybridized carbons (Fsp3) is 0.154. The molecular weight excluding hydrogens is 327 g/mol. The van der Waals surface area contributed by atoms with E-state index < -0.39 is 0 Å². The van der Waals surface area contributed by atoms with Crippen LogP contribution in [-0.4, -0.2) is 4.98 Å². The van der Waals surface area contributed by atoms with E-state index in [1.807, 2.05) is 31.2 Å². The molecule has 1 aromatic heterocycles. The second-order valence-electron chi connectivity index (χ2n) is 3.75. The zero-order chi connectivity index (χ0) is 12.3. The molecule has 0 radical (unpaired) electrons. The summed E-state index contributed by atoms with van der Waals surface area (Å²) < 4.78 is 6.84. The molecule has 0 aliphatic heterocycles. The third-order valence-electron chi connectivity index (χ3n) is 2.33. The van der Waals surface area contributed by atoms with E-state index >= 15 is 0 Å². The molecule has 0 saturated carbocycles. The monoisotopic (exact) mass is 340 g/mol. The molecule has 1 aromatic carbocycles. The van der Waals surface area contributed by atoms with Crippen molar-refractivity contribution in [2.75, 3.05) is 5.73 Å². The number of nitrogens with two attached hydrogens (primary N) is 1. The zero-order valence-corrected chi connectivity index (χ0v) is 11.6. The van der Waals surface area contributed by atoms with E-state index in [9.17, 15) is 0 Å². The Balaban J connectivity index is 2.04. The molecule has 0 unspecified atom stereocenters. The van der Waals surface area contributed by atoms with Crippen molar-refractivity contribution in [1.82, 2.24) is 4.98 Å². The molecule has 3 nitrogen and oxygen atoms in total. The second kappa shape index (κ2) is 5.35. The predicted octanol–water partition coefficient (Wildman–Crippen LogP) is 3.16. The van der Waals surface area contributed by atoms with Crippen LogP contribution >= 0.6 is 22.6 Å². The maximum Gasteiger partial charge on any atom is 0.166 e. The van der Waals surface area contributed by atoms with Gasteiger partial charge in [-0.1, -0.05) is 12.1 Å². The van der Waals surface area contributed by atoms with Crippen molar-refractivity contribution in [2.24, 2.45) is 0 Å². The summed E-state index contributed by atoms with van der Waals surface area (Å²) in [5.41, 5.74) is 7.78. The summed E-state index contributed by atoms with van der Waals surface area (Å²) in [4.78, 5) is 4.15. The predicted molar refractivity (Wildman–Crippen MR) is 76.9 cm³/mol. The number of anilines is 1. The number of benzene rings is 1. The lowest BCUT2D eigenvalue weighted by molar-refractivity contribution is 0.307. The highest BCUT2D eigenvalue weighted by molar-refractivity contribution is 14.1. The van der Waals surface area contributed by atoms with Crippen molar-refractivity contribution in [2.45, 2.75) is 13.5 Å². The fourth-order valence-electron chi connectivity index (χ4n) is 1.43. The highest BCUT2D eigenvalue weighted by Crippen LogP contribution is 2.20. The molecule has 0 atom stereocenters. The van der Waals surface area contributed by atoms with E-state index in [0.29, 0.717) is 18.2 Å². The van der Waals surface area contributed by atoms with Crippen LogP contribution in [-0.2, 0) is 6.61 Å². The highest BCUT2D eigenvalue weighted by Gasteiger charge is 2.02. The Labute approximate surface area is 114 Å². The number of nitrogen functional groups attached to an aromatic ring is 1. The van der Waals surface area contributed by atoms with Gasteiger partial charge in [0, 0.05) is 9.26 Å². The van der Waals surface area contributed by atoms with E-state index in [2.05, 4.69) is 39.7 Å². The van der Waals surface area contributed by atoms with Crippen LogP contribution in [0.4, 0.5) is 5.82 Å². The molecule has 0 aliphatic rings. The Morgan fingerprint density at radius 3 is 2.53 bits per heavy atom. The minimum Gasteiger partial charge on any atom is -0.485 e. The zero-order valence-electron chi connectivity index (χ0n) is 9.48. The lowest BCUT2D eigenvalue weighted by Gasteiger charge is -2.08. The van der Waals surface area contributed by atoms with Gasteiger partial charge in [0.2, 0.25) is 0 Å². The van der Waals surface area contributed by atoms with E-state index in [4.69, 9.17) is 10.5 Å². The molecule has 2 N–H and O–H groups in total. The third-order valence-corrected chi connectivity index (χ3v) is 3.05. The van der Waals surface area contributed by atoms with Gasteiger partial charge in [-0.05, 0) is 59.3 Å². The summed E-state index contributed by atoms with van der Waals surface area (Å²) in [7, 11) is 0. The minimum atomic E-state index is 0.440. The maximum absolute atomic E-state index is 5.77. The van der Waals surface area contributed by atoms with Gasteiger partial charge in [-0.3, -0.25) is 0 Å². The summed E-state index contributed by atoms with van der Waals surface area (Å²) in [6.45, 7) is 2.41.